The van der Waals surface area contributed by atoms with Gasteiger partial charge in [-0.15, -0.1) is 0 Å². The first-order valence-electron chi connectivity index (χ1n) is 6.15. The van der Waals surface area contributed by atoms with Crippen LogP contribution in [-0.4, -0.2) is 19.8 Å². The molecule has 1 heterocycles. The van der Waals surface area contributed by atoms with Gasteiger partial charge in [-0.1, -0.05) is 0 Å². The zero-order valence-corrected chi connectivity index (χ0v) is 10.3. The first kappa shape index (κ1) is 14.1. The van der Waals surface area contributed by atoms with Gasteiger partial charge >= 0.3 is 6.18 Å². The van der Waals surface area contributed by atoms with Gasteiger partial charge in [0.25, 0.3) is 0 Å². The molecule has 1 N–H and O–H groups in total. The fourth-order valence-electron chi connectivity index (χ4n) is 2.06. The number of ether oxygens (including phenoxy) is 1. The van der Waals surface area contributed by atoms with Crippen LogP contribution in [0.2, 0.25) is 0 Å². The second-order valence-electron chi connectivity index (χ2n) is 4.66. The summed E-state index contributed by atoms with van der Waals surface area (Å²) in [5.41, 5.74) is -0.961. The third-order valence-corrected chi connectivity index (χ3v) is 3.13. The maximum atomic E-state index is 13.5. The van der Waals surface area contributed by atoms with E-state index in [9.17, 15) is 17.6 Å². The molecule has 1 aliphatic heterocycles. The van der Waals surface area contributed by atoms with Crippen molar-refractivity contribution in [1.29, 1.82) is 0 Å². The van der Waals surface area contributed by atoms with Crippen LogP contribution in [0.25, 0.3) is 0 Å². The van der Waals surface area contributed by atoms with Crippen molar-refractivity contribution in [1.82, 2.24) is 0 Å². The van der Waals surface area contributed by atoms with E-state index in [1.807, 2.05) is 0 Å². The summed E-state index contributed by atoms with van der Waals surface area (Å²) >= 11 is 0. The minimum absolute atomic E-state index is 0.111. The second kappa shape index (κ2) is 5.77. The summed E-state index contributed by atoms with van der Waals surface area (Å²) in [5.74, 6) is -0.465. The fraction of sp³-hybridized carbons (Fsp3) is 0.538. The zero-order valence-electron chi connectivity index (χ0n) is 10.3. The topological polar surface area (TPSA) is 21.3 Å². The molecule has 0 radical (unpaired) electrons. The summed E-state index contributed by atoms with van der Waals surface area (Å²) in [7, 11) is 0. The third-order valence-electron chi connectivity index (χ3n) is 3.13. The van der Waals surface area contributed by atoms with Crippen LogP contribution in [0.3, 0.4) is 0 Å². The van der Waals surface area contributed by atoms with Gasteiger partial charge in [-0.2, -0.15) is 13.2 Å². The van der Waals surface area contributed by atoms with Crippen molar-refractivity contribution in [2.24, 2.45) is 5.92 Å². The molecule has 0 aromatic heterocycles. The van der Waals surface area contributed by atoms with Crippen molar-refractivity contribution < 1.29 is 22.3 Å². The molecule has 106 valence electrons. The van der Waals surface area contributed by atoms with Gasteiger partial charge in [-0.3, -0.25) is 0 Å². The van der Waals surface area contributed by atoms with Gasteiger partial charge in [-0.25, -0.2) is 4.39 Å². The van der Waals surface area contributed by atoms with E-state index in [4.69, 9.17) is 4.74 Å². The molecule has 2 rings (SSSR count). The fourth-order valence-corrected chi connectivity index (χ4v) is 2.06. The molecule has 0 amide bonds. The van der Waals surface area contributed by atoms with Crippen LogP contribution in [0.15, 0.2) is 18.2 Å². The largest absolute Gasteiger partial charge is 0.416 e. The highest BCUT2D eigenvalue weighted by atomic mass is 19.4. The molecule has 0 spiro atoms. The SMILES string of the molecule is Fc1ccc(C(F)(F)F)cc1NCC1CCCOC1. The van der Waals surface area contributed by atoms with Crippen LogP contribution in [-0.2, 0) is 10.9 Å². The number of anilines is 1. The van der Waals surface area contributed by atoms with Gasteiger partial charge in [-0.05, 0) is 37.0 Å². The molecule has 1 fully saturated rings. The molecule has 1 atom stereocenters. The molecule has 1 aliphatic rings. The van der Waals surface area contributed by atoms with E-state index in [1.54, 1.807) is 0 Å². The molecule has 19 heavy (non-hydrogen) atoms. The van der Waals surface area contributed by atoms with E-state index >= 15 is 0 Å². The van der Waals surface area contributed by atoms with Gasteiger partial charge in [0.1, 0.15) is 5.82 Å². The Kier molecular flexibility index (Phi) is 4.29. The maximum Gasteiger partial charge on any atom is 0.416 e. The van der Waals surface area contributed by atoms with Crippen molar-refractivity contribution in [3.63, 3.8) is 0 Å². The number of hydrogen-bond acceptors (Lipinski definition) is 2. The summed E-state index contributed by atoms with van der Waals surface area (Å²) in [6.07, 6.45) is -2.59. The molecular formula is C13H15F4NO. The highest BCUT2D eigenvalue weighted by Crippen LogP contribution is 2.32. The molecule has 6 heteroatoms. The summed E-state index contributed by atoms with van der Waals surface area (Å²) < 4.78 is 56.3. The molecule has 0 aliphatic carbocycles. The minimum Gasteiger partial charge on any atom is -0.382 e. The number of rotatable bonds is 3. The van der Waals surface area contributed by atoms with Crippen molar-refractivity contribution in [3.8, 4) is 0 Å². The summed E-state index contributed by atoms with van der Waals surface area (Å²) in [6, 6.07) is 2.38. The molecule has 2 nitrogen and oxygen atoms in total. The standard InChI is InChI=1S/C13H15F4NO/c14-11-4-3-10(13(15,16)17)6-12(11)18-7-9-2-1-5-19-8-9/h3-4,6,9,18H,1-2,5,7-8H2. The van der Waals surface area contributed by atoms with Crippen LogP contribution < -0.4 is 5.32 Å². The average molecular weight is 277 g/mol. The Bertz CT molecular complexity index is 427. The molecule has 1 saturated heterocycles. The first-order chi connectivity index (χ1) is 8.97. The van der Waals surface area contributed by atoms with Gasteiger partial charge in [0.05, 0.1) is 17.9 Å². The van der Waals surface area contributed by atoms with Gasteiger partial charge < -0.3 is 10.1 Å². The Hall–Kier alpha value is -1.30. The lowest BCUT2D eigenvalue weighted by Crippen LogP contribution is -2.24. The van der Waals surface area contributed by atoms with Crippen molar-refractivity contribution in [2.45, 2.75) is 19.0 Å². The Labute approximate surface area is 108 Å². The van der Waals surface area contributed by atoms with Crippen molar-refractivity contribution in [2.75, 3.05) is 25.1 Å². The highest BCUT2D eigenvalue weighted by molar-refractivity contribution is 5.48. The van der Waals surface area contributed by atoms with Crippen LogP contribution in [0.5, 0.6) is 0 Å². The predicted octanol–water partition coefficient (Wildman–Crippen LogP) is 3.68. The van der Waals surface area contributed by atoms with Crippen LogP contribution in [0.1, 0.15) is 18.4 Å². The predicted molar refractivity (Wildman–Crippen MR) is 63.4 cm³/mol. The molecule has 0 bridgehead atoms. The van der Waals surface area contributed by atoms with E-state index in [2.05, 4.69) is 5.32 Å². The number of benzene rings is 1. The molecule has 0 saturated carbocycles. The minimum atomic E-state index is -4.46. The number of alkyl halides is 3. The Morgan fingerprint density at radius 1 is 1.32 bits per heavy atom. The first-order valence-corrected chi connectivity index (χ1v) is 6.15. The van der Waals surface area contributed by atoms with E-state index in [0.29, 0.717) is 19.8 Å². The second-order valence-corrected chi connectivity index (χ2v) is 4.66. The lowest BCUT2D eigenvalue weighted by molar-refractivity contribution is -0.137. The Balaban J connectivity index is 2.02. The normalized spacial score (nSPS) is 20.3. The zero-order chi connectivity index (χ0) is 13.9. The number of halogens is 4. The van der Waals surface area contributed by atoms with E-state index in [1.165, 1.54) is 0 Å². The highest BCUT2D eigenvalue weighted by Gasteiger charge is 2.31. The molecular weight excluding hydrogens is 262 g/mol. The van der Waals surface area contributed by atoms with E-state index < -0.39 is 17.6 Å². The van der Waals surface area contributed by atoms with E-state index in [0.717, 1.165) is 31.0 Å². The lowest BCUT2D eigenvalue weighted by atomic mass is 10.0. The van der Waals surface area contributed by atoms with E-state index in [-0.39, 0.29) is 11.6 Å². The summed E-state index contributed by atoms with van der Waals surface area (Å²) in [6.45, 7) is 1.69. The van der Waals surface area contributed by atoms with Crippen LogP contribution >= 0.6 is 0 Å². The van der Waals surface area contributed by atoms with Crippen molar-refractivity contribution in [3.05, 3.63) is 29.6 Å². The van der Waals surface area contributed by atoms with Gasteiger partial charge in [0.2, 0.25) is 0 Å². The van der Waals surface area contributed by atoms with Crippen LogP contribution in [0, 0.1) is 11.7 Å². The van der Waals surface area contributed by atoms with Gasteiger partial charge in [0, 0.05) is 13.2 Å². The van der Waals surface area contributed by atoms with Crippen molar-refractivity contribution >= 4 is 5.69 Å². The Morgan fingerprint density at radius 3 is 2.74 bits per heavy atom. The van der Waals surface area contributed by atoms with Crippen LogP contribution in [0.4, 0.5) is 23.2 Å². The average Bonchev–Trinajstić information content (AvgIpc) is 2.37. The molecule has 1 unspecified atom stereocenters. The number of hydrogen-bond donors (Lipinski definition) is 1. The smallest absolute Gasteiger partial charge is 0.382 e. The Morgan fingerprint density at radius 2 is 2.11 bits per heavy atom. The lowest BCUT2D eigenvalue weighted by Gasteiger charge is -2.23. The third kappa shape index (κ3) is 3.83. The van der Waals surface area contributed by atoms with Gasteiger partial charge in [0.15, 0.2) is 0 Å². The maximum absolute atomic E-state index is 13.5. The summed E-state index contributed by atoms with van der Waals surface area (Å²) in [5, 5.41) is 2.74. The number of nitrogens with one attached hydrogen (secondary N) is 1. The molecule has 1 aromatic rings. The quantitative estimate of drug-likeness (QED) is 0.851. The monoisotopic (exact) mass is 277 g/mol. The molecule has 1 aromatic carbocycles. The summed E-state index contributed by atoms with van der Waals surface area (Å²) in [4.78, 5) is 0.